The second kappa shape index (κ2) is 7.20. The molecule has 6 rings (SSSR count). The van der Waals surface area contributed by atoms with Gasteiger partial charge in [-0.25, -0.2) is 9.69 Å². The van der Waals surface area contributed by atoms with E-state index in [2.05, 4.69) is 41.3 Å². The molecule has 3 heterocycles. The summed E-state index contributed by atoms with van der Waals surface area (Å²) in [6.45, 7) is 6.29. The molecule has 0 aromatic heterocycles. The van der Waals surface area contributed by atoms with Crippen LogP contribution in [0.1, 0.15) is 49.1 Å². The van der Waals surface area contributed by atoms with Crippen LogP contribution in [0.4, 0.5) is 16.2 Å². The summed E-state index contributed by atoms with van der Waals surface area (Å²) in [5.41, 5.74) is 4.64. The first-order chi connectivity index (χ1) is 16.3. The molecule has 3 aromatic rings. The molecule has 0 saturated carbocycles. The van der Waals surface area contributed by atoms with E-state index in [1.807, 2.05) is 57.2 Å². The minimum absolute atomic E-state index is 0.201. The number of carbonyl (C=O) groups is 2. The molecular weight excluding hydrogens is 424 g/mol. The number of imide groups is 1. The van der Waals surface area contributed by atoms with Gasteiger partial charge in [-0.05, 0) is 68.0 Å². The Morgan fingerprint density at radius 2 is 1.56 bits per heavy atom. The fourth-order valence-corrected chi connectivity index (χ4v) is 6.09. The van der Waals surface area contributed by atoms with Gasteiger partial charge in [-0.2, -0.15) is 0 Å². The number of ether oxygens (including phenoxy) is 1. The molecule has 5 nitrogen and oxygen atoms in total. The summed E-state index contributed by atoms with van der Waals surface area (Å²) in [5.74, 6) is -0.204. The number of nitrogens with zero attached hydrogens (tertiary/aromatic N) is 2. The third kappa shape index (κ3) is 2.86. The van der Waals surface area contributed by atoms with Crippen molar-refractivity contribution in [2.45, 2.75) is 50.7 Å². The molecule has 34 heavy (non-hydrogen) atoms. The van der Waals surface area contributed by atoms with Crippen LogP contribution in [-0.2, 0) is 27.8 Å². The highest BCUT2D eigenvalue weighted by molar-refractivity contribution is 6.22. The van der Waals surface area contributed by atoms with Gasteiger partial charge in [-0.15, -0.1) is 0 Å². The second-order valence-corrected chi connectivity index (χ2v) is 10.5. The third-order valence-corrected chi connectivity index (χ3v) is 7.31. The molecule has 3 aromatic carbocycles. The maximum Gasteiger partial charge on any atom is 0.421 e. The SMILES string of the molecule is CC(C)(C)OC(=O)N1C(=O)[C@@]2(Cc3ccccc3N3CCc4ccccc4[C@H]32)c2ccccc21. The molecule has 0 aliphatic carbocycles. The van der Waals surface area contributed by atoms with Crippen LogP contribution in [-0.4, -0.2) is 24.1 Å². The van der Waals surface area contributed by atoms with Crippen LogP contribution >= 0.6 is 0 Å². The predicted molar refractivity (Wildman–Crippen MR) is 132 cm³/mol. The standard InChI is InChI=1S/C29H28N2O3/c1-28(2,3)34-27(33)31-24-15-9-7-13-22(24)29(26(31)32)18-20-11-5-8-14-23(20)30-17-16-19-10-4-6-12-21(19)25(29)30/h4-15,25H,16-18H2,1-3H3/t25-,29-/m0/s1. The lowest BCUT2D eigenvalue weighted by atomic mass is 9.64. The maximum atomic E-state index is 14.5. The summed E-state index contributed by atoms with van der Waals surface area (Å²) in [5, 5.41) is 0. The monoisotopic (exact) mass is 452 g/mol. The summed E-state index contributed by atoms with van der Waals surface area (Å²) in [7, 11) is 0. The minimum Gasteiger partial charge on any atom is -0.443 e. The molecule has 0 bridgehead atoms. The first-order valence-electron chi connectivity index (χ1n) is 11.9. The molecule has 0 unspecified atom stereocenters. The molecule has 3 aliphatic heterocycles. The van der Waals surface area contributed by atoms with Crippen molar-refractivity contribution in [2.24, 2.45) is 0 Å². The van der Waals surface area contributed by atoms with E-state index in [0.717, 1.165) is 29.7 Å². The van der Waals surface area contributed by atoms with Crippen molar-refractivity contribution in [3.63, 3.8) is 0 Å². The fraction of sp³-hybridized carbons (Fsp3) is 0.310. The highest BCUT2D eigenvalue weighted by Gasteiger charge is 2.62. The molecule has 3 aliphatic rings. The summed E-state index contributed by atoms with van der Waals surface area (Å²) in [6.07, 6.45) is 0.840. The molecule has 1 spiro atoms. The van der Waals surface area contributed by atoms with Gasteiger partial charge < -0.3 is 9.64 Å². The van der Waals surface area contributed by atoms with Crippen molar-refractivity contribution in [1.29, 1.82) is 0 Å². The first-order valence-corrected chi connectivity index (χ1v) is 11.9. The average molecular weight is 453 g/mol. The number of benzene rings is 3. The van der Waals surface area contributed by atoms with Crippen molar-refractivity contribution in [3.05, 3.63) is 95.1 Å². The average Bonchev–Trinajstić information content (AvgIpc) is 3.06. The third-order valence-electron chi connectivity index (χ3n) is 7.31. The van der Waals surface area contributed by atoms with Crippen LogP contribution in [0.3, 0.4) is 0 Å². The van der Waals surface area contributed by atoms with Gasteiger partial charge >= 0.3 is 6.09 Å². The van der Waals surface area contributed by atoms with E-state index in [1.165, 1.54) is 16.2 Å². The lowest BCUT2D eigenvalue weighted by Crippen LogP contribution is -2.57. The Morgan fingerprint density at radius 3 is 2.32 bits per heavy atom. The normalized spacial score (nSPS) is 22.7. The van der Waals surface area contributed by atoms with Gasteiger partial charge in [0.2, 0.25) is 5.91 Å². The van der Waals surface area contributed by atoms with Gasteiger partial charge in [-0.3, -0.25) is 4.79 Å². The van der Waals surface area contributed by atoms with Gasteiger partial charge in [0, 0.05) is 12.2 Å². The molecule has 0 radical (unpaired) electrons. The Balaban J connectivity index is 1.61. The molecule has 2 amide bonds. The van der Waals surface area contributed by atoms with E-state index >= 15 is 0 Å². The first kappa shape index (κ1) is 21.0. The number of carbonyl (C=O) groups excluding carboxylic acids is 2. The molecule has 0 saturated heterocycles. The van der Waals surface area contributed by atoms with Gasteiger partial charge in [0.1, 0.15) is 11.0 Å². The van der Waals surface area contributed by atoms with Gasteiger partial charge in [-0.1, -0.05) is 60.7 Å². The van der Waals surface area contributed by atoms with Crippen molar-refractivity contribution < 1.29 is 14.3 Å². The van der Waals surface area contributed by atoms with Gasteiger partial charge in [0.05, 0.1) is 11.7 Å². The predicted octanol–water partition coefficient (Wildman–Crippen LogP) is 5.57. The Kier molecular flexibility index (Phi) is 4.44. The van der Waals surface area contributed by atoms with Crippen LogP contribution in [0, 0.1) is 0 Å². The number of anilines is 2. The van der Waals surface area contributed by atoms with E-state index < -0.39 is 17.1 Å². The molecule has 0 N–H and O–H groups in total. The minimum atomic E-state index is -0.918. The molecule has 5 heteroatoms. The van der Waals surface area contributed by atoms with Crippen molar-refractivity contribution in [1.82, 2.24) is 0 Å². The topological polar surface area (TPSA) is 49.9 Å². The fourth-order valence-electron chi connectivity index (χ4n) is 6.09. The zero-order valence-corrected chi connectivity index (χ0v) is 19.7. The van der Waals surface area contributed by atoms with Crippen LogP contribution < -0.4 is 9.80 Å². The van der Waals surface area contributed by atoms with Gasteiger partial charge in [0.25, 0.3) is 0 Å². The number of amides is 2. The zero-order chi connectivity index (χ0) is 23.7. The second-order valence-electron chi connectivity index (χ2n) is 10.5. The van der Waals surface area contributed by atoms with Crippen LogP contribution in [0.2, 0.25) is 0 Å². The van der Waals surface area contributed by atoms with Crippen LogP contribution in [0.25, 0.3) is 0 Å². The molecule has 2 atom stereocenters. The smallest absolute Gasteiger partial charge is 0.421 e. The number of hydrogen-bond donors (Lipinski definition) is 0. The van der Waals surface area contributed by atoms with Crippen molar-refractivity contribution >= 4 is 23.4 Å². The lowest BCUT2D eigenvalue weighted by molar-refractivity contribution is -0.124. The summed E-state index contributed by atoms with van der Waals surface area (Å²) < 4.78 is 5.71. The Morgan fingerprint density at radius 1 is 0.912 bits per heavy atom. The number of fused-ring (bicyclic) bond motifs is 8. The summed E-state index contributed by atoms with van der Waals surface area (Å²) >= 11 is 0. The highest BCUT2D eigenvalue weighted by Crippen LogP contribution is 2.58. The Bertz CT molecular complexity index is 1320. The molecule has 0 fully saturated rings. The highest BCUT2D eigenvalue weighted by atomic mass is 16.6. The Hall–Kier alpha value is -3.60. The van der Waals surface area contributed by atoms with E-state index in [-0.39, 0.29) is 11.9 Å². The number of rotatable bonds is 0. The quantitative estimate of drug-likeness (QED) is 0.448. The molecule has 172 valence electrons. The van der Waals surface area contributed by atoms with Crippen molar-refractivity contribution in [3.8, 4) is 0 Å². The largest absolute Gasteiger partial charge is 0.443 e. The van der Waals surface area contributed by atoms with Crippen LogP contribution in [0.5, 0.6) is 0 Å². The lowest BCUT2D eigenvalue weighted by Gasteiger charge is -2.52. The van der Waals surface area contributed by atoms with E-state index in [0.29, 0.717) is 12.1 Å². The zero-order valence-electron chi connectivity index (χ0n) is 19.7. The number of para-hydroxylation sites is 2. The summed E-state index contributed by atoms with van der Waals surface area (Å²) in [4.78, 5) is 31.6. The van der Waals surface area contributed by atoms with E-state index in [4.69, 9.17) is 4.74 Å². The molecular formula is C29H28N2O3. The van der Waals surface area contributed by atoms with Gasteiger partial charge in [0.15, 0.2) is 0 Å². The Labute approximate surface area is 199 Å². The van der Waals surface area contributed by atoms with E-state index in [9.17, 15) is 9.59 Å². The summed E-state index contributed by atoms with van der Waals surface area (Å²) in [6, 6.07) is 24.3. The van der Waals surface area contributed by atoms with Crippen LogP contribution in [0.15, 0.2) is 72.8 Å². The number of hydrogen-bond acceptors (Lipinski definition) is 4. The maximum absolute atomic E-state index is 14.5. The van der Waals surface area contributed by atoms with E-state index in [1.54, 1.807) is 0 Å². The van der Waals surface area contributed by atoms with Crippen molar-refractivity contribution in [2.75, 3.05) is 16.3 Å².